The fourth-order valence-electron chi connectivity index (χ4n) is 9.93. The van der Waals surface area contributed by atoms with E-state index in [1.807, 2.05) is 0 Å². The molecule has 0 N–H and O–H groups in total. The van der Waals surface area contributed by atoms with Gasteiger partial charge in [0.25, 0.3) is 0 Å². The third-order valence-corrected chi connectivity index (χ3v) is 15.1. The summed E-state index contributed by atoms with van der Waals surface area (Å²) in [5, 5.41) is 0. The second kappa shape index (κ2) is 68.1. The predicted octanol–water partition coefficient (Wildman–Crippen LogP) is 23.8. The zero-order chi connectivity index (χ0) is 57.8. The van der Waals surface area contributed by atoms with Crippen molar-refractivity contribution in [2.75, 3.05) is 13.2 Å². The number of carbonyl (C=O) groups excluding carboxylic acids is 3. The SMILES string of the molecule is CC/C=C\C/C=C\C/C=C\C/C=C\C/C=C\CCCCCCCCCCCCCC(=O)OCC(COC(=O)CCCCCCC/C=C\CCCCCCCCC)OC(=O)CCCCCCCCCCC/C=C\CCCCCCCC. The first-order chi connectivity index (χ1) is 39.5. The lowest BCUT2D eigenvalue weighted by Gasteiger charge is -2.18. The van der Waals surface area contributed by atoms with Crippen molar-refractivity contribution in [3.8, 4) is 0 Å². The summed E-state index contributed by atoms with van der Waals surface area (Å²) < 4.78 is 17.0. The normalized spacial score (nSPS) is 12.6. The molecule has 0 radical (unpaired) electrons. The molecule has 0 aromatic rings. The monoisotopic (exact) mass is 1110 g/mol. The van der Waals surface area contributed by atoms with Crippen molar-refractivity contribution in [2.45, 2.75) is 354 Å². The van der Waals surface area contributed by atoms with Crippen molar-refractivity contribution in [3.05, 3.63) is 85.1 Å². The van der Waals surface area contributed by atoms with E-state index in [9.17, 15) is 14.4 Å². The van der Waals surface area contributed by atoms with Crippen LogP contribution in [-0.4, -0.2) is 37.2 Å². The Morgan fingerprint density at radius 3 is 0.775 bits per heavy atom. The van der Waals surface area contributed by atoms with E-state index in [1.165, 1.54) is 212 Å². The fourth-order valence-corrected chi connectivity index (χ4v) is 9.93. The molecule has 1 atom stereocenters. The Morgan fingerprint density at radius 2 is 0.487 bits per heavy atom. The lowest BCUT2D eigenvalue weighted by atomic mass is 10.0. The Balaban J connectivity index is 4.33. The van der Waals surface area contributed by atoms with E-state index in [4.69, 9.17) is 14.2 Å². The van der Waals surface area contributed by atoms with Crippen LogP contribution in [0.25, 0.3) is 0 Å². The summed E-state index contributed by atoms with van der Waals surface area (Å²) in [4.78, 5) is 38.4. The van der Waals surface area contributed by atoms with Gasteiger partial charge in [-0.15, -0.1) is 0 Å². The van der Waals surface area contributed by atoms with Gasteiger partial charge in [0, 0.05) is 19.3 Å². The molecule has 0 amide bonds. The van der Waals surface area contributed by atoms with E-state index in [1.54, 1.807) is 0 Å². The van der Waals surface area contributed by atoms with E-state index >= 15 is 0 Å². The van der Waals surface area contributed by atoms with Crippen molar-refractivity contribution in [1.29, 1.82) is 0 Å². The van der Waals surface area contributed by atoms with Gasteiger partial charge in [0.1, 0.15) is 13.2 Å². The number of rotatable bonds is 63. The minimum atomic E-state index is -0.783. The standard InChI is InChI=1S/C74H130O6/c1-4-7-10-13-16-19-22-25-28-31-33-34-35-36-37-38-39-40-42-43-46-49-52-55-58-61-64-67-73(76)79-70-71(69-78-72(75)66-63-60-57-54-51-48-45-30-27-24-21-18-15-12-9-6-3)80-74(77)68-65-62-59-56-53-50-47-44-41-32-29-26-23-20-17-14-11-8-5-2/h7,10,16,19,25-26,28-30,33-34,36-37,45,71H,4-6,8-9,11-15,17-18,20-24,27,31-32,35,38-44,46-70H2,1-3H3/b10-7-,19-16-,28-25-,29-26-,34-33-,37-36-,45-30-. The molecule has 0 aliphatic heterocycles. The van der Waals surface area contributed by atoms with Gasteiger partial charge in [-0.3, -0.25) is 14.4 Å². The first-order valence-electron chi connectivity index (χ1n) is 34.6. The molecule has 0 heterocycles. The fraction of sp³-hybridized carbons (Fsp3) is 0.770. The number of hydrogen-bond acceptors (Lipinski definition) is 6. The highest BCUT2D eigenvalue weighted by Crippen LogP contribution is 2.17. The molecule has 0 aliphatic carbocycles. The van der Waals surface area contributed by atoms with E-state index in [2.05, 4.69) is 106 Å². The second-order valence-corrected chi connectivity index (χ2v) is 23.1. The summed E-state index contributed by atoms with van der Waals surface area (Å²) >= 11 is 0. The van der Waals surface area contributed by atoms with Crippen molar-refractivity contribution >= 4 is 17.9 Å². The van der Waals surface area contributed by atoms with Gasteiger partial charge >= 0.3 is 17.9 Å². The van der Waals surface area contributed by atoms with E-state index in [0.717, 1.165) is 96.3 Å². The van der Waals surface area contributed by atoms with Crippen LogP contribution >= 0.6 is 0 Å². The van der Waals surface area contributed by atoms with Gasteiger partial charge in [0.05, 0.1) is 0 Å². The highest BCUT2D eigenvalue weighted by atomic mass is 16.6. The first kappa shape index (κ1) is 76.6. The van der Waals surface area contributed by atoms with Gasteiger partial charge < -0.3 is 14.2 Å². The molecule has 6 heteroatoms. The van der Waals surface area contributed by atoms with Crippen LogP contribution in [0, 0.1) is 0 Å². The van der Waals surface area contributed by atoms with E-state index in [0.29, 0.717) is 19.3 Å². The van der Waals surface area contributed by atoms with Gasteiger partial charge in [-0.05, 0) is 116 Å². The highest BCUT2D eigenvalue weighted by molar-refractivity contribution is 5.71. The lowest BCUT2D eigenvalue weighted by Crippen LogP contribution is -2.30. The molecule has 6 nitrogen and oxygen atoms in total. The largest absolute Gasteiger partial charge is 0.462 e. The number of unbranched alkanes of at least 4 members (excludes halogenated alkanes) is 38. The molecule has 0 saturated heterocycles. The maximum atomic E-state index is 12.9. The molecule has 0 saturated carbocycles. The third-order valence-electron chi connectivity index (χ3n) is 15.1. The van der Waals surface area contributed by atoms with Gasteiger partial charge in [0.15, 0.2) is 6.10 Å². The lowest BCUT2D eigenvalue weighted by molar-refractivity contribution is -0.167. The maximum absolute atomic E-state index is 12.9. The number of esters is 3. The van der Waals surface area contributed by atoms with Gasteiger partial charge in [-0.25, -0.2) is 0 Å². The van der Waals surface area contributed by atoms with Crippen molar-refractivity contribution < 1.29 is 28.6 Å². The summed E-state index contributed by atoms with van der Waals surface area (Å²) in [6.45, 7) is 6.55. The summed E-state index contributed by atoms with van der Waals surface area (Å²) in [6, 6.07) is 0. The van der Waals surface area contributed by atoms with Gasteiger partial charge in [0.2, 0.25) is 0 Å². The minimum absolute atomic E-state index is 0.0792. The summed E-state index contributed by atoms with van der Waals surface area (Å²) in [6.07, 6.45) is 90.2. The molecule has 0 bridgehead atoms. The predicted molar refractivity (Wildman–Crippen MR) is 348 cm³/mol. The number of carbonyl (C=O) groups is 3. The van der Waals surface area contributed by atoms with Crippen LogP contribution in [0.3, 0.4) is 0 Å². The Bertz CT molecular complexity index is 1520. The maximum Gasteiger partial charge on any atom is 0.306 e. The van der Waals surface area contributed by atoms with Gasteiger partial charge in [-0.1, -0.05) is 298 Å². The molecule has 0 spiro atoms. The molecular formula is C74H130O6. The second-order valence-electron chi connectivity index (χ2n) is 23.1. The molecule has 0 aromatic carbocycles. The Kier molecular flexibility index (Phi) is 65.2. The molecule has 0 aromatic heterocycles. The summed E-state index contributed by atoms with van der Waals surface area (Å²) in [7, 11) is 0. The average molecular weight is 1120 g/mol. The van der Waals surface area contributed by atoms with Crippen LogP contribution < -0.4 is 0 Å². The number of hydrogen-bond donors (Lipinski definition) is 0. The summed E-state index contributed by atoms with van der Waals surface area (Å²) in [5.74, 6) is -0.875. The van der Waals surface area contributed by atoms with Crippen molar-refractivity contribution in [3.63, 3.8) is 0 Å². The van der Waals surface area contributed by atoms with E-state index in [-0.39, 0.29) is 31.1 Å². The average Bonchev–Trinajstić information content (AvgIpc) is 3.46. The van der Waals surface area contributed by atoms with Crippen molar-refractivity contribution in [2.24, 2.45) is 0 Å². The number of ether oxygens (including phenoxy) is 3. The van der Waals surface area contributed by atoms with Gasteiger partial charge in [-0.2, -0.15) is 0 Å². The minimum Gasteiger partial charge on any atom is -0.462 e. The van der Waals surface area contributed by atoms with Crippen LogP contribution in [0.15, 0.2) is 85.1 Å². The van der Waals surface area contributed by atoms with Crippen LogP contribution in [-0.2, 0) is 28.6 Å². The molecule has 80 heavy (non-hydrogen) atoms. The zero-order valence-electron chi connectivity index (χ0n) is 53.1. The molecule has 0 rings (SSSR count). The van der Waals surface area contributed by atoms with Crippen LogP contribution in [0.1, 0.15) is 348 Å². The smallest absolute Gasteiger partial charge is 0.306 e. The molecule has 1 unspecified atom stereocenters. The van der Waals surface area contributed by atoms with Crippen LogP contribution in [0.2, 0.25) is 0 Å². The topological polar surface area (TPSA) is 78.9 Å². The zero-order valence-corrected chi connectivity index (χ0v) is 53.1. The van der Waals surface area contributed by atoms with E-state index < -0.39 is 6.10 Å². The summed E-state index contributed by atoms with van der Waals surface area (Å²) in [5.41, 5.74) is 0. The third kappa shape index (κ3) is 65.4. The van der Waals surface area contributed by atoms with Crippen molar-refractivity contribution in [1.82, 2.24) is 0 Å². The first-order valence-corrected chi connectivity index (χ1v) is 34.6. The Hall–Kier alpha value is -3.41. The molecular weight excluding hydrogens is 985 g/mol. The Morgan fingerprint density at radius 1 is 0.263 bits per heavy atom. The van der Waals surface area contributed by atoms with Crippen LogP contribution in [0.5, 0.6) is 0 Å². The quantitative estimate of drug-likeness (QED) is 0.0261. The molecule has 0 aliphatic rings. The molecule has 462 valence electrons. The van der Waals surface area contributed by atoms with Crippen LogP contribution in [0.4, 0.5) is 0 Å². The molecule has 0 fully saturated rings. The Labute approximate surface area is 496 Å². The highest BCUT2D eigenvalue weighted by Gasteiger charge is 2.19. The number of allylic oxidation sites excluding steroid dienone is 14.